The van der Waals surface area contributed by atoms with E-state index in [4.69, 9.17) is 4.74 Å². The van der Waals surface area contributed by atoms with Crippen LogP contribution in [-0.4, -0.2) is 17.9 Å². The molecular weight excluding hydrogens is 335 g/mol. The molecule has 2 aromatic rings. The Labute approximate surface area is 151 Å². The number of halogens is 1. The van der Waals surface area contributed by atoms with Crippen LogP contribution in [-0.2, 0) is 9.59 Å². The van der Waals surface area contributed by atoms with Crippen LogP contribution in [0.2, 0.25) is 0 Å². The molecule has 5 nitrogen and oxygen atoms in total. The van der Waals surface area contributed by atoms with Crippen LogP contribution in [0.3, 0.4) is 0 Å². The van der Waals surface area contributed by atoms with Crippen LogP contribution >= 0.6 is 0 Å². The quantitative estimate of drug-likeness (QED) is 0.639. The molecule has 0 bridgehead atoms. The van der Waals surface area contributed by atoms with Crippen molar-refractivity contribution in [1.82, 2.24) is 10.9 Å². The van der Waals surface area contributed by atoms with Crippen LogP contribution in [0.4, 0.5) is 4.39 Å². The fourth-order valence-electron chi connectivity index (χ4n) is 2.14. The summed E-state index contributed by atoms with van der Waals surface area (Å²) in [6.07, 6.45) is 1.66. The molecule has 2 amide bonds. The van der Waals surface area contributed by atoms with Crippen molar-refractivity contribution in [1.29, 1.82) is 0 Å². The molecule has 136 valence electrons. The lowest BCUT2D eigenvalue weighted by atomic mass is 10.1. The number of hydrogen-bond donors (Lipinski definition) is 2. The predicted molar refractivity (Wildman–Crippen MR) is 97.7 cm³/mol. The Bertz CT molecular complexity index is 834. The van der Waals surface area contributed by atoms with E-state index in [9.17, 15) is 14.0 Å². The van der Waals surface area contributed by atoms with Crippen LogP contribution in [0.1, 0.15) is 23.6 Å². The molecule has 0 unspecified atom stereocenters. The third kappa shape index (κ3) is 5.17. The van der Waals surface area contributed by atoms with Gasteiger partial charge in [-0.25, -0.2) is 4.39 Å². The van der Waals surface area contributed by atoms with Crippen molar-refractivity contribution < 1.29 is 18.7 Å². The van der Waals surface area contributed by atoms with Crippen LogP contribution in [0.5, 0.6) is 5.75 Å². The Morgan fingerprint density at radius 1 is 1.08 bits per heavy atom. The van der Waals surface area contributed by atoms with Crippen LogP contribution in [0.15, 0.2) is 48.5 Å². The fraction of sp³-hybridized carbons (Fsp3) is 0.200. The first-order valence-corrected chi connectivity index (χ1v) is 8.14. The normalized spacial score (nSPS) is 11.8. The monoisotopic (exact) mass is 356 g/mol. The standard InChI is InChI=1S/C20H21FN2O3/c1-13-7-6-10-18(14(13)2)26-15(3)20(25)23-22-19(24)12-11-16-8-4-5-9-17(16)21/h4-12,15H,1-3H3,(H,22,24)(H,23,25)/b12-11+/t15-/m1/s1. The lowest BCUT2D eigenvalue weighted by Gasteiger charge is -2.17. The summed E-state index contributed by atoms with van der Waals surface area (Å²) in [6, 6.07) is 11.6. The highest BCUT2D eigenvalue weighted by atomic mass is 19.1. The molecule has 0 spiro atoms. The summed E-state index contributed by atoms with van der Waals surface area (Å²) in [5, 5.41) is 0. The fourth-order valence-corrected chi connectivity index (χ4v) is 2.14. The van der Waals surface area contributed by atoms with Gasteiger partial charge in [0.05, 0.1) is 0 Å². The largest absolute Gasteiger partial charge is 0.481 e. The van der Waals surface area contributed by atoms with Crippen molar-refractivity contribution in [2.75, 3.05) is 0 Å². The zero-order chi connectivity index (χ0) is 19.1. The number of carbonyl (C=O) groups excluding carboxylic acids is 2. The number of nitrogens with one attached hydrogen (secondary N) is 2. The second-order valence-corrected chi connectivity index (χ2v) is 5.79. The maximum absolute atomic E-state index is 13.5. The Balaban J connectivity index is 1.86. The molecule has 2 rings (SSSR count). The van der Waals surface area contributed by atoms with Crippen molar-refractivity contribution in [2.45, 2.75) is 26.9 Å². The Morgan fingerprint density at radius 2 is 1.81 bits per heavy atom. The van der Waals surface area contributed by atoms with Gasteiger partial charge in [-0.3, -0.25) is 20.4 Å². The lowest BCUT2D eigenvalue weighted by molar-refractivity contribution is -0.131. The number of ether oxygens (including phenoxy) is 1. The zero-order valence-corrected chi connectivity index (χ0v) is 14.9. The summed E-state index contributed by atoms with van der Waals surface area (Å²) in [4.78, 5) is 23.8. The van der Waals surface area contributed by atoms with Crippen molar-refractivity contribution in [3.05, 3.63) is 71.0 Å². The van der Waals surface area contributed by atoms with Gasteiger partial charge in [-0.05, 0) is 50.1 Å². The molecule has 26 heavy (non-hydrogen) atoms. The number of aryl methyl sites for hydroxylation is 1. The minimum atomic E-state index is -0.800. The first-order valence-electron chi connectivity index (χ1n) is 8.14. The van der Waals surface area contributed by atoms with Gasteiger partial charge in [0.25, 0.3) is 11.8 Å². The van der Waals surface area contributed by atoms with E-state index in [1.165, 1.54) is 18.2 Å². The van der Waals surface area contributed by atoms with Gasteiger partial charge in [-0.15, -0.1) is 0 Å². The summed E-state index contributed by atoms with van der Waals surface area (Å²) in [6.45, 7) is 5.44. The summed E-state index contributed by atoms with van der Waals surface area (Å²) < 4.78 is 19.1. The SMILES string of the molecule is Cc1cccc(O[C@H](C)C(=O)NNC(=O)/C=C/c2ccccc2F)c1C. The van der Waals surface area contributed by atoms with E-state index in [0.717, 1.165) is 17.2 Å². The number of hydrogen-bond acceptors (Lipinski definition) is 3. The van der Waals surface area contributed by atoms with Gasteiger partial charge in [-0.1, -0.05) is 30.3 Å². The maximum Gasteiger partial charge on any atom is 0.279 e. The highest BCUT2D eigenvalue weighted by Gasteiger charge is 2.16. The van der Waals surface area contributed by atoms with Crippen molar-refractivity contribution in [2.24, 2.45) is 0 Å². The second kappa shape index (κ2) is 8.80. The molecule has 0 aromatic heterocycles. The number of amides is 2. The third-order valence-corrected chi connectivity index (χ3v) is 3.86. The number of hydrazine groups is 1. The molecule has 2 N–H and O–H groups in total. The highest BCUT2D eigenvalue weighted by molar-refractivity contribution is 5.93. The third-order valence-electron chi connectivity index (χ3n) is 3.86. The Kier molecular flexibility index (Phi) is 6.49. The lowest BCUT2D eigenvalue weighted by Crippen LogP contribution is -2.46. The molecule has 6 heteroatoms. The van der Waals surface area contributed by atoms with Gasteiger partial charge in [-0.2, -0.15) is 0 Å². The summed E-state index contributed by atoms with van der Waals surface area (Å²) in [5.41, 5.74) is 6.80. The van der Waals surface area contributed by atoms with E-state index in [0.29, 0.717) is 5.75 Å². The summed E-state index contributed by atoms with van der Waals surface area (Å²) in [5.74, 6) is -0.909. The van der Waals surface area contributed by atoms with Crippen LogP contribution < -0.4 is 15.6 Å². The predicted octanol–water partition coefficient (Wildman–Crippen LogP) is 3.07. The summed E-state index contributed by atoms with van der Waals surface area (Å²) >= 11 is 0. The summed E-state index contributed by atoms with van der Waals surface area (Å²) in [7, 11) is 0. The molecule has 0 heterocycles. The average Bonchev–Trinajstić information content (AvgIpc) is 2.62. The van der Waals surface area contributed by atoms with Crippen molar-refractivity contribution in [3.8, 4) is 5.75 Å². The number of rotatable bonds is 5. The minimum absolute atomic E-state index is 0.278. The minimum Gasteiger partial charge on any atom is -0.481 e. The molecule has 0 fully saturated rings. The van der Waals surface area contributed by atoms with Gasteiger partial charge in [0.15, 0.2) is 6.10 Å². The Morgan fingerprint density at radius 3 is 2.54 bits per heavy atom. The van der Waals surface area contributed by atoms with Crippen LogP contribution in [0.25, 0.3) is 6.08 Å². The molecule has 0 aliphatic carbocycles. The molecule has 1 atom stereocenters. The van der Waals surface area contributed by atoms with Crippen molar-refractivity contribution >= 4 is 17.9 Å². The van der Waals surface area contributed by atoms with E-state index in [1.807, 2.05) is 26.0 Å². The number of carbonyl (C=O) groups is 2. The van der Waals surface area contributed by atoms with E-state index in [-0.39, 0.29) is 5.56 Å². The van der Waals surface area contributed by atoms with E-state index >= 15 is 0 Å². The van der Waals surface area contributed by atoms with Gasteiger partial charge in [0, 0.05) is 11.6 Å². The molecule has 0 aliphatic rings. The highest BCUT2D eigenvalue weighted by Crippen LogP contribution is 2.21. The van der Waals surface area contributed by atoms with Crippen molar-refractivity contribution in [3.63, 3.8) is 0 Å². The Hall–Kier alpha value is -3.15. The van der Waals surface area contributed by atoms with Crippen LogP contribution in [0, 0.1) is 19.7 Å². The zero-order valence-electron chi connectivity index (χ0n) is 14.9. The van der Waals surface area contributed by atoms with E-state index in [2.05, 4.69) is 10.9 Å². The van der Waals surface area contributed by atoms with Gasteiger partial charge in [0.1, 0.15) is 11.6 Å². The molecule has 2 aromatic carbocycles. The number of benzene rings is 2. The molecular formula is C20H21FN2O3. The van der Waals surface area contributed by atoms with E-state index < -0.39 is 23.7 Å². The molecule has 0 saturated carbocycles. The van der Waals surface area contributed by atoms with Gasteiger partial charge < -0.3 is 4.74 Å². The first-order chi connectivity index (χ1) is 12.4. The van der Waals surface area contributed by atoms with Gasteiger partial charge >= 0.3 is 0 Å². The molecule has 0 aliphatic heterocycles. The average molecular weight is 356 g/mol. The maximum atomic E-state index is 13.5. The second-order valence-electron chi connectivity index (χ2n) is 5.79. The van der Waals surface area contributed by atoms with E-state index in [1.54, 1.807) is 25.1 Å². The van der Waals surface area contributed by atoms with Gasteiger partial charge in [0.2, 0.25) is 0 Å². The smallest absolute Gasteiger partial charge is 0.279 e. The molecule has 0 radical (unpaired) electrons. The molecule has 0 saturated heterocycles. The topological polar surface area (TPSA) is 67.4 Å². The first kappa shape index (κ1) is 19.2.